The molecule has 5 aromatic rings. The van der Waals surface area contributed by atoms with Crippen LogP contribution >= 0.6 is 0 Å². The normalized spacial score (nSPS) is 18.1. The molecule has 0 spiro atoms. The molecule has 0 saturated heterocycles. The first kappa shape index (κ1) is 26.5. The van der Waals surface area contributed by atoms with Crippen LogP contribution in [0.25, 0.3) is 10.9 Å². The summed E-state index contributed by atoms with van der Waals surface area (Å²) in [5, 5.41) is 0.706. The number of fused-ring (bicyclic) bond motifs is 3. The standard InChI is InChI=1S/C31H28N2O5S2/c1-22-17-19-25(20-18-22)39(34,35)32-21-28(38-2)29-26-15-9-10-16-27(26)33(40(36,37)24-13-7-4-8-14-24)31(29)30(32)23-11-5-3-6-12-23/h3-20,28,30H,21H2,1-2H3. The van der Waals surface area contributed by atoms with Gasteiger partial charge in [0.05, 0.1) is 33.1 Å². The molecule has 4 aromatic carbocycles. The van der Waals surface area contributed by atoms with Crippen LogP contribution in [-0.4, -0.2) is 38.8 Å². The van der Waals surface area contributed by atoms with E-state index in [0.29, 0.717) is 27.7 Å². The molecule has 0 aliphatic carbocycles. The van der Waals surface area contributed by atoms with Crippen molar-refractivity contribution < 1.29 is 21.6 Å². The van der Waals surface area contributed by atoms with E-state index >= 15 is 0 Å². The minimum Gasteiger partial charge on any atom is -0.375 e. The number of rotatable bonds is 6. The molecule has 0 fully saturated rings. The highest BCUT2D eigenvalue weighted by atomic mass is 32.2. The van der Waals surface area contributed by atoms with Crippen LogP contribution < -0.4 is 0 Å². The van der Waals surface area contributed by atoms with Crippen molar-refractivity contribution in [3.8, 4) is 0 Å². The zero-order valence-electron chi connectivity index (χ0n) is 22.0. The van der Waals surface area contributed by atoms with Crippen LogP contribution in [0.5, 0.6) is 0 Å². The van der Waals surface area contributed by atoms with Gasteiger partial charge < -0.3 is 4.74 Å². The van der Waals surface area contributed by atoms with Crippen molar-refractivity contribution in [1.29, 1.82) is 0 Å². The minimum absolute atomic E-state index is 0.0126. The number of benzene rings is 4. The summed E-state index contributed by atoms with van der Waals surface area (Å²) in [5.41, 5.74) is 3.07. The molecule has 2 atom stereocenters. The lowest BCUT2D eigenvalue weighted by molar-refractivity contribution is 0.0682. The van der Waals surface area contributed by atoms with Gasteiger partial charge in [0.2, 0.25) is 10.0 Å². The monoisotopic (exact) mass is 572 g/mol. The van der Waals surface area contributed by atoms with E-state index in [0.717, 1.165) is 5.56 Å². The second-order valence-corrected chi connectivity index (χ2v) is 13.5. The highest BCUT2D eigenvalue weighted by Crippen LogP contribution is 2.48. The number of sulfonamides is 1. The Balaban J connectivity index is 1.72. The topological polar surface area (TPSA) is 85.7 Å². The Kier molecular flexibility index (Phi) is 6.62. The highest BCUT2D eigenvalue weighted by Gasteiger charge is 2.46. The van der Waals surface area contributed by atoms with Crippen molar-refractivity contribution in [1.82, 2.24) is 8.28 Å². The summed E-state index contributed by atoms with van der Waals surface area (Å²) in [7, 11) is -6.70. The van der Waals surface area contributed by atoms with Gasteiger partial charge in [-0.3, -0.25) is 0 Å². The summed E-state index contributed by atoms with van der Waals surface area (Å²) in [5.74, 6) is 0. The molecular weight excluding hydrogens is 544 g/mol. The van der Waals surface area contributed by atoms with Gasteiger partial charge in [-0.25, -0.2) is 20.8 Å². The number of methoxy groups -OCH3 is 1. The van der Waals surface area contributed by atoms with Crippen LogP contribution in [0.4, 0.5) is 0 Å². The van der Waals surface area contributed by atoms with E-state index < -0.39 is 32.2 Å². The van der Waals surface area contributed by atoms with Crippen molar-refractivity contribution in [2.75, 3.05) is 13.7 Å². The molecule has 2 unspecified atom stereocenters. The Morgan fingerprint density at radius 3 is 1.93 bits per heavy atom. The van der Waals surface area contributed by atoms with Crippen molar-refractivity contribution in [3.63, 3.8) is 0 Å². The summed E-state index contributed by atoms with van der Waals surface area (Å²) < 4.78 is 66.0. The van der Waals surface area contributed by atoms with Crippen LogP contribution in [0.1, 0.15) is 34.5 Å². The molecule has 0 saturated carbocycles. The molecule has 1 aliphatic rings. The molecular formula is C31H28N2O5S2. The van der Waals surface area contributed by atoms with Gasteiger partial charge in [0.15, 0.2) is 0 Å². The van der Waals surface area contributed by atoms with E-state index in [9.17, 15) is 16.8 Å². The average Bonchev–Trinajstić information content (AvgIpc) is 3.33. The van der Waals surface area contributed by atoms with Crippen molar-refractivity contribution in [3.05, 3.63) is 132 Å². The number of ether oxygens (including phenoxy) is 1. The first-order valence-electron chi connectivity index (χ1n) is 12.9. The fraction of sp³-hybridized carbons (Fsp3) is 0.161. The maximum absolute atomic E-state index is 14.4. The molecule has 0 radical (unpaired) electrons. The lowest BCUT2D eigenvalue weighted by atomic mass is 9.92. The number of aryl methyl sites for hydroxylation is 1. The van der Waals surface area contributed by atoms with Gasteiger partial charge in [0.25, 0.3) is 10.0 Å². The zero-order valence-corrected chi connectivity index (χ0v) is 23.6. The van der Waals surface area contributed by atoms with E-state index in [1.807, 2.05) is 49.4 Å². The van der Waals surface area contributed by atoms with Gasteiger partial charge >= 0.3 is 0 Å². The lowest BCUT2D eigenvalue weighted by Gasteiger charge is -2.39. The van der Waals surface area contributed by atoms with Gasteiger partial charge in [0.1, 0.15) is 0 Å². The van der Waals surface area contributed by atoms with E-state index in [-0.39, 0.29) is 16.3 Å². The van der Waals surface area contributed by atoms with E-state index in [4.69, 9.17) is 4.74 Å². The van der Waals surface area contributed by atoms with Gasteiger partial charge in [-0.1, -0.05) is 84.4 Å². The number of aromatic nitrogens is 1. The first-order chi connectivity index (χ1) is 19.2. The molecule has 2 heterocycles. The second kappa shape index (κ2) is 10.0. The van der Waals surface area contributed by atoms with E-state index in [1.165, 1.54) is 15.4 Å². The minimum atomic E-state index is -4.14. The number of para-hydroxylation sites is 1. The average molecular weight is 573 g/mol. The lowest BCUT2D eigenvalue weighted by Crippen LogP contribution is -2.44. The third-order valence-electron chi connectivity index (χ3n) is 7.43. The maximum Gasteiger partial charge on any atom is 0.268 e. The molecule has 7 nitrogen and oxygen atoms in total. The Bertz CT molecular complexity index is 1900. The van der Waals surface area contributed by atoms with E-state index in [2.05, 4.69) is 0 Å². The maximum atomic E-state index is 14.4. The van der Waals surface area contributed by atoms with Crippen LogP contribution in [-0.2, 0) is 24.8 Å². The van der Waals surface area contributed by atoms with Gasteiger partial charge in [-0.15, -0.1) is 0 Å². The number of hydrogen-bond donors (Lipinski definition) is 0. The molecule has 9 heteroatoms. The van der Waals surface area contributed by atoms with Crippen LogP contribution in [0, 0.1) is 6.92 Å². The summed E-state index contributed by atoms with van der Waals surface area (Å²) in [6, 6.07) is 30.3. The Morgan fingerprint density at radius 1 is 0.700 bits per heavy atom. The second-order valence-electron chi connectivity index (χ2n) is 9.82. The molecule has 0 bridgehead atoms. The predicted molar refractivity (Wildman–Crippen MR) is 154 cm³/mol. The SMILES string of the molecule is COC1CN(S(=O)(=O)c2ccc(C)cc2)C(c2ccccc2)c2c1c1ccccc1n2S(=O)(=O)c1ccccc1. The summed E-state index contributed by atoms with van der Waals surface area (Å²) in [4.78, 5) is 0.240. The Labute approximate surface area is 234 Å². The zero-order chi connectivity index (χ0) is 28.1. The fourth-order valence-electron chi connectivity index (χ4n) is 5.54. The van der Waals surface area contributed by atoms with Crippen molar-refractivity contribution >= 4 is 30.9 Å². The third kappa shape index (κ3) is 4.17. The van der Waals surface area contributed by atoms with Crippen LogP contribution in [0.3, 0.4) is 0 Å². The molecule has 1 aliphatic heterocycles. The summed E-state index contributed by atoms with van der Waals surface area (Å²) >= 11 is 0. The smallest absolute Gasteiger partial charge is 0.268 e. The molecule has 204 valence electrons. The Hall–Kier alpha value is -3.76. The van der Waals surface area contributed by atoms with E-state index in [1.54, 1.807) is 66.7 Å². The molecule has 0 amide bonds. The van der Waals surface area contributed by atoms with Crippen molar-refractivity contribution in [2.45, 2.75) is 28.9 Å². The molecule has 6 rings (SSSR count). The first-order valence-corrected chi connectivity index (χ1v) is 15.7. The predicted octanol–water partition coefficient (Wildman–Crippen LogP) is 5.67. The van der Waals surface area contributed by atoms with Gasteiger partial charge in [-0.05, 0) is 42.8 Å². The third-order valence-corrected chi connectivity index (χ3v) is 11.0. The molecule has 40 heavy (non-hydrogen) atoms. The number of hydrogen-bond acceptors (Lipinski definition) is 5. The largest absolute Gasteiger partial charge is 0.375 e. The molecule has 1 aromatic heterocycles. The summed E-state index contributed by atoms with van der Waals surface area (Å²) in [6.07, 6.45) is -0.702. The quantitative estimate of drug-likeness (QED) is 0.262. The number of nitrogens with zero attached hydrogens (tertiary/aromatic N) is 2. The van der Waals surface area contributed by atoms with Gasteiger partial charge in [0, 0.05) is 24.6 Å². The Morgan fingerprint density at radius 2 is 1.27 bits per heavy atom. The van der Waals surface area contributed by atoms with Crippen LogP contribution in [0.15, 0.2) is 119 Å². The van der Waals surface area contributed by atoms with Crippen molar-refractivity contribution in [2.24, 2.45) is 0 Å². The molecule has 0 N–H and O–H groups in total. The van der Waals surface area contributed by atoms with Gasteiger partial charge in [-0.2, -0.15) is 4.31 Å². The summed E-state index contributed by atoms with van der Waals surface area (Å²) in [6.45, 7) is 1.91. The fourth-order valence-corrected chi connectivity index (χ4v) is 8.71. The highest BCUT2D eigenvalue weighted by molar-refractivity contribution is 7.90. The van der Waals surface area contributed by atoms with Crippen LogP contribution in [0.2, 0.25) is 0 Å².